The van der Waals surface area contributed by atoms with Gasteiger partial charge < -0.3 is 10.6 Å². The molecule has 0 radical (unpaired) electrons. The number of hydrogen-bond acceptors (Lipinski definition) is 2. The fraction of sp³-hybridized carbons (Fsp3) is 1.00. The normalized spacial score (nSPS) is 33.7. The zero-order valence-electron chi connectivity index (χ0n) is 11.7. The van der Waals surface area contributed by atoms with Crippen LogP contribution >= 0.6 is 0 Å². The van der Waals surface area contributed by atoms with Gasteiger partial charge in [-0.3, -0.25) is 0 Å². The highest BCUT2D eigenvalue weighted by atomic mass is 15.0. The van der Waals surface area contributed by atoms with Gasteiger partial charge in [0, 0.05) is 12.1 Å². The Balaban J connectivity index is 1.78. The Morgan fingerprint density at radius 3 is 2.59 bits per heavy atom. The first kappa shape index (κ1) is 13.4. The quantitative estimate of drug-likeness (QED) is 0.743. The summed E-state index contributed by atoms with van der Waals surface area (Å²) >= 11 is 0. The highest BCUT2D eigenvalue weighted by molar-refractivity contribution is 4.93. The van der Waals surface area contributed by atoms with Crippen LogP contribution in [0.1, 0.15) is 58.8 Å². The Bertz CT molecular complexity index is 207. The Hall–Kier alpha value is -0.0800. The van der Waals surface area contributed by atoms with Crippen LogP contribution in [-0.4, -0.2) is 25.2 Å². The summed E-state index contributed by atoms with van der Waals surface area (Å²) in [6.45, 7) is 7.13. The minimum Gasteiger partial charge on any atom is -0.314 e. The third-order valence-electron chi connectivity index (χ3n) is 5.01. The molecule has 0 aromatic rings. The van der Waals surface area contributed by atoms with Crippen molar-refractivity contribution >= 4 is 0 Å². The van der Waals surface area contributed by atoms with Crippen LogP contribution in [0.15, 0.2) is 0 Å². The predicted molar refractivity (Wildman–Crippen MR) is 74.2 cm³/mol. The van der Waals surface area contributed by atoms with Crippen molar-refractivity contribution in [2.75, 3.05) is 13.1 Å². The van der Waals surface area contributed by atoms with E-state index in [0.717, 1.165) is 23.9 Å². The molecule has 0 aromatic heterocycles. The summed E-state index contributed by atoms with van der Waals surface area (Å²) in [6.07, 6.45) is 9.73. The molecular formula is C15H30N2. The molecule has 2 aliphatic rings. The maximum atomic E-state index is 3.87. The minimum absolute atomic E-state index is 0.797. The van der Waals surface area contributed by atoms with E-state index in [9.17, 15) is 0 Å². The van der Waals surface area contributed by atoms with Crippen molar-refractivity contribution in [3.8, 4) is 0 Å². The van der Waals surface area contributed by atoms with Crippen LogP contribution in [0, 0.1) is 11.8 Å². The summed E-state index contributed by atoms with van der Waals surface area (Å²) in [5, 5.41) is 7.57. The molecule has 1 saturated heterocycles. The third-order valence-corrected chi connectivity index (χ3v) is 5.01. The molecule has 1 aliphatic carbocycles. The fourth-order valence-corrected chi connectivity index (χ4v) is 3.70. The van der Waals surface area contributed by atoms with Crippen LogP contribution in [0.25, 0.3) is 0 Å². The number of nitrogens with one attached hydrogen (secondary N) is 2. The van der Waals surface area contributed by atoms with Crippen molar-refractivity contribution < 1.29 is 0 Å². The van der Waals surface area contributed by atoms with Gasteiger partial charge in [0.15, 0.2) is 0 Å². The number of rotatable bonds is 6. The van der Waals surface area contributed by atoms with Crippen LogP contribution in [0.2, 0.25) is 0 Å². The lowest BCUT2D eigenvalue weighted by Gasteiger charge is -2.28. The largest absolute Gasteiger partial charge is 0.314 e. The smallest absolute Gasteiger partial charge is 0.0111 e. The molecule has 2 rings (SSSR count). The summed E-state index contributed by atoms with van der Waals surface area (Å²) in [4.78, 5) is 0. The molecule has 0 amide bonds. The van der Waals surface area contributed by atoms with Gasteiger partial charge in [0.1, 0.15) is 0 Å². The average molecular weight is 238 g/mol. The molecule has 17 heavy (non-hydrogen) atoms. The van der Waals surface area contributed by atoms with Gasteiger partial charge in [0.2, 0.25) is 0 Å². The van der Waals surface area contributed by atoms with Crippen LogP contribution in [-0.2, 0) is 0 Å². The van der Waals surface area contributed by atoms with Gasteiger partial charge in [-0.15, -0.1) is 0 Å². The minimum atomic E-state index is 0.797. The van der Waals surface area contributed by atoms with E-state index in [-0.39, 0.29) is 0 Å². The van der Waals surface area contributed by atoms with Gasteiger partial charge in [0.25, 0.3) is 0 Å². The number of hydrogen-bond donors (Lipinski definition) is 2. The molecule has 3 unspecified atom stereocenters. The second kappa shape index (κ2) is 6.75. The van der Waals surface area contributed by atoms with Gasteiger partial charge >= 0.3 is 0 Å². The molecule has 2 fully saturated rings. The zero-order chi connectivity index (χ0) is 12.1. The van der Waals surface area contributed by atoms with Gasteiger partial charge in [0.05, 0.1) is 0 Å². The van der Waals surface area contributed by atoms with Gasteiger partial charge in [-0.25, -0.2) is 0 Å². The molecule has 1 heterocycles. The highest BCUT2D eigenvalue weighted by Crippen LogP contribution is 2.32. The molecule has 0 aromatic carbocycles. The first-order chi connectivity index (χ1) is 8.35. The van der Waals surface area contributed by atoms with Crippen LogP contribution < -0.4 is 10.6 Å². The van der Waals surface area contributed by atoms with Crippen LogP contribution in [0.5, 0.6) is 0 Å². The second-order valence-corrected chi connectivity index (χ2v) is 5.99. The van der Waals surface area contributed by atoms with E-state index in [1.54, 1.807) is 0 Å². The first-order valence-electron chi connectivity index (χ1n) is 7.81. The standard InChI is InChI=1S/C15H30N2/c1-3-12(4-2)11-17-15-8-5-7-13(15)14-9-6-10-16-14/h12-17H,3-11H2,1-2H3. The van der Waals surface area contributed by atoms with E-state index in [1.165, 1.54) is 58.0 Å². The van der Waals surface area contributed by atoms with Gasteiger partial charge in [-0.1, -0.05) is 33.1 Å². The maximum absolute atomic E-state index is 3.87. The van der Waals surface area contributed by atoms with E-state index < -0.39 is 0 Å². The van der Waals surface area contributed by atoms with Crippen molar-refractivity contribution in [3.05, 3.63) is 0 Å². The van der Waals surface area contributed by atoms with Crippen molar-refractivity contribution in [2.24, 2.45) is 11.8 Å². The van der Waals surface area contributed by atoms with E-state index in [4.69, 9.17) is 0 Å². The first-order valence-corrected chi connectivity index (χ1v) is 7.81. The van der Waals surface area contributed by atoms with E-state index in [2.05, 4.69) is 24.5 Å². The van der Waals surface area contributed by atoms with Crippen LogP contribution in [0.3, 0.4) is 0 Å². The van der Waals surface area contributed by atoms with E-state index >= 15 is 0 Å². The molecule has 0 bridgehead atoms. The lowest BCUT2D eigenvalue weighted by molar-refractivity contribution is 0.302. The molecule has 100 valence electrons. The Morgan fingerprint density at radius 1 is 1.12 bits per heavy atom. The van der Waals surface area contributed by atoms with Crippen molar-refractivity contribution in [2.45, 2.75) is 70.9 Å². The SMILES string of the molecule is CCC(CC)CNC1CCCC1C1CCCN1. The molecular weight excluding hydrogens is 208 g/mol. The lowest BCUT2D eigenvalue weighted by Crippen LogP contribution is -2.43. The summed E-state index contributed by atoms with van der Waals surface area (Å²) < 4.78 is 0. The fourth-order valence-electron chi connectivity index (χ4n) is 3.70. The Labute approximate surface area is 107 Å². The predicted octanol–water partition coefficient (Wildman–Crippen LogP) is 2.93. The van der Waals surface area contributed by atoms with Gasteiger partial charge in [-0.05, 0) is 50.6 Å². The lowest BCUT2D eigenvalue weighted by atomic mass is 9.92. The third kappa shape index (κ3) is 3.45. The Kier molecular flexibility index (Phi) is 5.30. The van der Waals surface area contributed by atoms with Crippen molar-refractivity contribution in [1.82, 2.24) is 10.6 Å². The summed E-state index contributed by atoms with van der Waals surface area (Å²) in [6, 6.07) is 1.61. The zero-order valence-corrected chi connectivity index (χ0v) is 11.7. The summed E-state index contributed by atoms with van der Waals surface area (Å²) in [5.74, 6) is 1.79. The molecule has 1 aliphatic heterocycles. The van der Waals surface area contributed by atoms with E-state index in [0.29, 0.717) is 0 Å². The molecule has 3 atom stereocenters. The molecule has 2 heteroatoms. The molecule has 1 saturated carbocycles. The highest BCUT2D eigenvalue weighted by Gasteiger charge is 2.34. The average Bonchev–Trinajstić information content (AvgIpc) is 3.00. The Morgan fingerprint density at radius 2 is 1.94 bits per heavy atom. The van der Waals surface area contributed by atoms with Crippen molar-refractivity contribution in [3.63, 3.8) is 0 Å². The molecule has 2 N–H and O–H groups in total. The maximum Gasteiger partial charge on any atom is 0.0111 e. The monoisotopic (exact) mass is 238 g/mol. The summed E-state index contributed by atoms with van der Waals surface area (Å²) in [7, 11) is 0. The molecule has 0 spiro atoms. The van der Waals surface area contributed by atoms with Gasteiger partial charge in [-0.2, -0.15) is 0 Å². The van der Waals surface area contributed by atoms with Crippen LogP contribution in [0.4, 0.5) is 0 Å². The topological polar surface area (TPSA) is 24.1 Å². The summed E-state index contributed by atoms with van der Waals surface area (Å²) in [5.41, 5.74) is 0. The molecule has 2 nitrogen and oxygen atoms in total. The second-order valence-electron chi connectivity index (χ2n) is 5.99. The van der Waals surface area contributed by atoms with E-state index in [1.807, 2.05) is 0 Å². The van der Waals surface area contributed by atoms with Crippen molar-refractivity contribution in [1.29, 1.82) is 0 Å².